The molecule has 0 spiro atoms. The third-order valence-corrected chi connectivity index (χ3v) is 5.91. The second kappa shape index (κ2) is 10.6. The van der Waals surface area contributed by atoms with Crippen molar-refractivity contribution in [1.82, 2.24) is 29.8 Å². The molecule has 5 rings (SSSR count). The van der Waals surface area contributed by atoms with Crippen LogP contribution in [0, 0.1) is 6.92 Å². The van der Waals surface area contributed by atoms with Crippen LogP contribution in [0.3, 0.4) is 0 Å². The molecule has 1 saturated heterocycles. The van der Waals surface area contributed by atoms with Gasteiger partial charge >= 0.3 is 5.97 Å². The van der Waals surface area contributed by atoms with E-state index in [1.54, 1.807) is 36.7 Å². The third kappa shape index (κ3) is 5.87. The summed E-state index contributed by atoms with van der Waals surface area (Å²) in [7, 11) is 2.03. The van der Waals surface area contributed by atoms with Crippen LogP contribution in [0.4, 0.5) is 11.6 Å². The Bertz CT molecular complexity index is 1360. The molecule has 4 heterocycles. The fraction of sp³-hybridized carbons (Fsp3) is 0.259. The van der Waals surface area contributed by atoms with Crippen LogP contribution in [0.15, 0.2) is 67.0 Å². The van der Waals surface area contributed by atoms with Crippen molar-refractivity contribution < 1.29 is 9.53 Å². The molecule has 0 radical (unpaired) electrons. The van der Waals surface area contributed by atoms with Crippen LogP contribution < -0.4 is 5.32 Å². The van der Waals surface area contributed by atoms with Crippen LogP contribution in [0.1, 0.15) is 33.9 Å². The number of aromatic nitrogens is 5. The zero-order valence-corrected chi connectivity index (χ0v) is 20.3. The van der Waals surface area contributed by atoms with Gasteiger partial charge in [0.2, 0.25) is 0 Å². The molecule has 1 aliphatic rings. The van der Waals surface area contributed by atoms with Gasteiger partial charge < -0.3 is 15.0 Å². The van der Waals surface area contributed by atoms with Crippen molar-refractivity contribution in [2.45, 2.75) is 25.9 Å². The summed E-state index contributed by atoms with van der Waals surface area (Å²) >= 11 is 0. The Morgan fingerprint density at radius 2 is 1.78 bits per heavy atom. The van der Waals surface area contributed by atoms with Crippen molar-refractivity contribution in [3.63, 3.8) is 0 Å². The molecule has 9 nitrogen and oxygen atoms in total. The summed E-state index contributed by atoms with van der Waals surface area (Å²) in [4.78, 5) is 37.0. The number of carbonyl (C=O) groups is 1. The van der Waals surface area contributed by atoms with E-state index in [1.807, 2.05) is 44.3 Å². The molecule has 182 valence electrons. The maximum absolute atomic E-state index is 12.4. The SMILES string of the molecule is Cc1cccc(-c2nccc(Nc3ccnc(Cc4ccc(C(=O)O[C@@H]5CCN(C)C5)cc4)n3)n2)n1. The number of hydrogen-bond donors (Lipinski definition) is 1. The Kier molecular flexibility index (Phi) is 6.90. The number of aryl methyl sites for hydroxylation is 1. The molecule has 0 aliphatic carbocycles. The van der Waals surface area contributed by atoms with Crippen molar-refractivity contribution in [1.29, 1.82) is 0 Å². The zero-order valence-electron chi connectivity index (χ0n) is 20.3. The van der Waals surface area contributed by atoms with E-state index in [-0.39, 0.29) is 12.1 Å². The van der Waals surface area contributed by atoms with Gasteiger partial charge in [0, 0.05) is 37.6 Å². The lowest BCUT2D eigenvalue weighted by atomic mass is 10.1. The van der Waals surface area contributed by atoms with Crippen LogP contribution >= 0.6 is 0 Å². The third-order valence-electron chi connectivity index (χ3n) is 5.91. The first-order chi connectivity index (χ1) is 17.5. The molecular formula is C27H27N7O2. The zero-order chi connectivity index (χ0) is 24.9. The highest BCUT2D eigenvalue weighted by Gasteiger charge is 2.23. The molecule has 1 aliphatic heterocycles. The normalized spacial score (nSPS) is 15.6. The summed E-state index contributed by atoms with van der Waals surface area (Å²) in [5, 5.41) is 3.22. The topological polar surface area (TPSA) is 106 Å². The molecule has 4 aromatic rings. The van der Waals surface area contributed by atoms with Gasteiger partial charge in [0.25, 0.3) is 0 Å². The van der Waals surface area contributed by atoms with Gasteiger partial charge in [-0.25, -0.2) is 29.7 Å². The van der Waals surface area contributed by atoms with E-state index in [9.17, 15) is 4.79 Å². The van der Waals surface area contributed by atoms with Gasteiger partial charge in [-0.2, -0.15) is 0 Å². The first-order valence-electron chi connectivity index (χ1n) is 11.9. The molecule has 0 amide bonds. The Morgan fingerprint density at radius 1 is 1.00 bits per heavy atom. The van der Waals surface area contributed by atoms with Crippen molar-refractivity contribution in [3.8, 4) is 11.5 Å². The minimum atomic E-state index is -0.283. The van der Waals surface area contributed by atoms with Crippen LogP contribution in [0.25, 0.3) is 11.5 Å². The molecule has 9 heteroatoms. The summed E-state index contributed by atoms with van der Waals surface area (Å²) in [5.41, 5.74) is 3.16. The van der Waals surface area contributed by atoms with Gasteiger partial charge in [-0.15, -0.1) is 0 Å². The largest absolute Gasteiger partial charge is 0.457 e. The number of pyridine rings is 1. The highest BCUT2D eigenvalue weighted by molar-refractivity contribution is 5.89. The van der Waals surface area contributed by atoms with Crippen molar-refractivity contribution in [3.05, 3.63) is 89.6 Å². The maximum atomic E-state index is 12.4. The van der Waals surface area contributed by atoms with Gasteiger partial charge in [-0.05, 0) is 62.4 Å². The molecular weight excluding hydrogens is 454 g/mol. The number of benzene rings is 1. The van der Waals surface area contributed by atoms with E-state index in [1.165, 1.54) is 0 Å². The Balaban J connectivity index is 1.23. The molecule has 1 aromatic carbocycles. The molecule has 1 N–H and O–H groups in total. The number of likely N-dealkylation sites (N-methyl/N-ethyl adjacent to an activating group) is 1. The lowest BCUT2D eigenvalue weighted by molar-refractivity contribution is 0.0327. The molecule has 0 saturated carbocycles. The van der Waals surface area contributed by atoms with Gasteiger partial charge in [-0.1, -0.05) is 18.2 Å². The molecule has 3 aromatic heterocycles. The van der Waals surface area contributed by atoms with Crippen LogP contribution in [-0.2, 0) is 11.2 Å². The van der Waals surface area contributed by atoms with Gasteiger partial charge in [0.05, 0.1) is 5.56 Å². The Morgan fingerprint density at radius 3 is 2.53 bits per heavy atom. The summed E-state index contributed by atoms with van der Waals surface area (Å²) in [6, 6.07) is 16.7. The average Bonchev–Trinajstić information content (AvgIpc) is 3.29. The lowest BCUT2D eigenvalue weighted by Crippen LogP contribution is -2.22. The van der Waals surface area contributed by atoms with E-state index < -0.39 is 0 Å². The Labute approximate surface area is 209 Å². The fourth-order valence-corrected chi connectivity index (χ4v) is 4.06. The standard InChI is InChI=1S/C27H27N7O2/c1-18-4-3-5-22(30-18)26-29-14-11-24(33-26)31-23-10-13-28-25(32-23)16-19-6-8-20(9-7-19)27(35)36-21-12-15-34(2)17-21/h3-11,13-14,21H,12,15-17H2,1-2H3,(H,28,29,31,32,33)/t21-/m1/s1. The van der Waals surface area contributed by atoms with Crippen molar-refractivity contribution in [2.75, 3.05) is 25.5 Å². The number of hydrogen-bond acceptors (Lipinski definition) is 9. The maximum Gasteiger partial charge on any atom is 0.338 e. The van der Waals surface area contributed by atoms with E-state index >= 15 is 0 Å². The highest BCUT2D eigenvalue weighted by Crippen LogP contribution is 2.18. The predicted octanol–water partition coefficient (Wildman–Crippen LogP) is 3.83. The molecule has 1 fully saturated rings. The minimum Gasteiger partial charge on any atom is -0.457 e. The summed E-state index contributed by atoms with van der Waals surface area (Å²) in [6.45, 7) is 3.67. The van der Waals surface area contributed by atoms with Crippen LogP contribution in [-0.4, -0.2) is 62.0 Å². The molecule has 1 atom stereocenters. The first-order valence-corrected chi connectivity index (χ1v) is 11.9. The summed E-state index contributed by atoms with van der Waals surface area (Å²) in [6.07, 6.45) is 4.76. The molecule has 36 heavy (non-hydrogen) atoms. The number of nitrogens with zero attached hydrogens (tertiary/aromatic N) is 6. The van der Waals surface area contributed by atoms with E-state index in [2.05, 4.69) is 35.1 Å². The summed E-state index contributed by atoms with van der Waals surface area (Å²) in [5.74, 6) is 2.15. The minimum absolute atomic E-state index is 0.0372. The summed E-state index contributed by atoms with van der Waals surface area (Å²) < 4.78 is 5.61. The predicted molar refractivity (Wildman–Crippen MR) is 136 cm³/mol. The van der Waals surface area contributed by atoms with E-state index in [4.69, 9.17) is 4.74 Å². The first kappa shape index (κ1) is 23.5. The number of nitrogens with one attached hydrogen (secondary N) is 1. The second-order valence-electron chi connectivity index (χ2n) is 8.86. The van der Waals surface area contributed by atoms with Crippen molar-refractivity contribution in [2.24, 2.45) is 0 Å². The van der Waals surface area contributed by atoms with Gasteiger partial charge in [-0.3, -0.25) is 0 Å². The Hall–Kier alpha value is -4.24. The highest BCUT2D eigenvalue weighted by atomic mass is 16.5. The number of carbonyl (C=O) groups excluding carboxylic acids is 1. The molecule has 0 unspecified atom stereocenters. The van der Waals surface area contributed by atoms with Crippen LogP contribution in [0.5, 0.6) is 0 Å². The second-order valence-corrected chi connectivity index (χ2v) is 8.86. The van der Waals surface area contributed by atoms with E-state index in [0.717, 1.165) is 30.8 Å². The van der Waals surface area contributed by atoms with Crippen LogP contribution in [0.2, 0.25) is 0 Å². The number of esters is 1. The lowest BCUT2D eigenvalue weighted by Gasteiger charge is -2.12. The fourth-order valence-electron chi connectivity index (χ4n) is 4.06. The van der Waals surface area contributed by atoms with Crippen molar-refractivity contribution >= 4 is 17.6 Å². The number of ether oxygens (including phenoxy) is 1. The quantitative estimate of drug-likeness (QED) is 0.394. The smallest absolute Gasteiger partial charge is 0.338 e. The van der Waals surface area contributed by atoms with Gasteiger partial charge in [0.1, 0.15) is 29.3 Å². The van der Waals surface area contributed by atoms with E-state index in [0.29, 0.717) is 41.0 Å². The number of rotatable bonds is 7. The number of likely N-dealkylation sites (tertiary alicyclic amines) is 1. The monoisotopic (exact) mass is 481 g/mol. The number of anilines is 2. The average molecular weight is 482 g/mol. The van der Waals surface area contributed by atoms with Gasteiger partial charge in [0.15, 0.2) is 5.82 Å². The molecule has 0 bridgehead atoms.